The third-order valence-electron chi connectivity index (χ3n) is 3.63. The SMILES string of the molecule is CCCOc1c(Cl)cc(C(=O)N(CC(N)=O)c2ccccc2)cc1OCC. The zero-order valence-corrected chi connectivity index (χ0v) is 16.2. The molecule has 2 aromatic rings. The number of amides is 2. The molecule has 0 saturated carbocycles. The van der Waals surface area contributed by atoms with Gasteiger partial charge in [-0.15, -0.1) is 0 Å². The van der Waals surface area contributed by atoms with Gasteiger partial charge in [0.15, 0.2) is 11.5 Å². The fraction of sp³-hybridized carbons (Fsp3) is 0.300. The Morgan fingerprint density at radius 3 is 2.41 bits per heavy atom. The van der Waals surface area contributed by atoms with E-state index >= 15 is 0 Å². The van der Waals surface area contributed by atoms with E-state index in [1.165, 1.54) is 11.0 Å². The highest BCUT2D eigenvalue weighted by molar-refractivity contribution is 6.33. The summed E-state index contributed by atoms with van der Waals surface area (Å²) in [5.74, 6) is -0.247. The van der Waals surface area contributed by atoms with Crippen molar-refractivity contribution in [3.05, 3.63) is 53.1 Å². The summed E-state index contributed by atoms with van der Waals surface area (Å²) in [6.45, 7) is 4.42. The van der Waals surface area contributed by atoms with Gasteiger partial charge >= 0.3 is 0 Å². The molecule has 0 heterocycles. The van der Waals surface area contributed by atoms with Crippen LogP contribution in [-0.4, -0.2) is 31.6 Å². The molecule has 2 aromatic carbocycles. The van der Waals surface area contributed by atoms with Crippen LogP contribution >= 0.6 is 11.6 Å². The quantitative estimate of drug-likeness (QED) is 0.708. The van der Waals surface area contributed by atoms with E-state index in [2.05, 4.69) is 0 Å². The van der Waals surface area contributed by atoms with Crippen molar-refractivity contribution in [2.45, 2.75) is 20.3 Å². The Labute approximate surface area is 163 Å². The number of primary amides is 1. The normalized spacial score (nSPS) is 10.3. The van der Waals surface area contributed by atoms with E-state index in [0.717, 1.165) is 6.42 Å². The molecule has 144 valence electrons. The maximum Gasteiger partial charge on any atom is 0.258 e. The summed E-state index contributed by atoms with van der Waals surface area (Å²) >= 11 is 6.34. The minimum Gasteiger partial charge on any atom is -0.490 e. The van der Waals surface area contributed by atoms with Crippen molar-refractivity contribution in [1.82, 2.24) is 0 Å². The van der Waals surface area contributed by atoms with Gasteiger partial charge in [0.2, 0.25) is 5.91 Å². The van der Waals surface area contributed by atoms with E-state index in [4.69, 9.17) is 26.8 Å². The summed E-state index contributed by atoms with van der Waals surface area (Å²) in [7, 11) is 0. The van der Waals surface area contributed by atoms with Gasteiger partial charge in [0.05, 0.1) is 18.2 Å². The average Bonchev–Trinajstić information content (AvgIpc) is 2.65. The lowest BCUT2D eigenvalue weighted by Crippen LogP contribution is -2.38. The molecule has 7 heteroatoms. The van der Waals surface area contributed by atoms with Crippen LogP contribution in [0.15, 0.2) is 42.5 Å². The number of ether oxygens (including phenoxy) is 2. The molecule has 0 fully saturated rings. The van der Waals surface area contributed by atoms with E-state index in [1.54, 1.807) is 30.3 Å². The van der Waals surface area contributed by atoms with Crippen LogP contribution in [0.5, 0.6) is 11.5 Å². The molecule has 0 bridgehead atoms. The molecule has 0 aliphatic heterocycles. The molecule has 0 aliphatic carbocycles. The second-order valence-electron chi connectivity index (χ2n) is 5.76. The Morgan fingerprint density at radius 1 is 1.11 bits per heavy atom. The highest BCUT2D eigenvalue weighted by Gasteiger charge is 2.23. The minimum absolute atomic E-state index is 0.251. The van der Waals surface area contributed by atoms with E-state index < -0.39 is 11.8 Å². The third kappa shape index (κ3) is 5.37. The first kappa shape index (κ1) is 20.6. The van der Waals surface area contributed by atoms with Gasteiger partial charge < -0.3 is 15.2 Å². The van der Waals surface area contributed by atoms with Crippen LogP contribution in [0.2, 0.25) is 5.02 Å². The van der Waals surface area contributed by atoms with Crippen LogP contribution in [0.3, 0.4) is 0 Å². The molecular weight excluding hydrogens is 368 g/mol. The number of nitrogens with two attached hydrogens (primary N) is 1. The molecule has 6 nitrogen and oxygen atoms in total. The van der Waals surface area contributed by atoms with Crippen molar-refractivity contribution in [2.24, 2.45) is 5.73 Å². The highest BCUT2D eigenvalue weighted by atomic mass is 35.5. The van der Waals surface area contributed by atoms with Gasteiger partial charge in [-0.2, -0.15) is 0 Å². The van der Waals surface area contributed by atoms with Gasteiger partial charge in [0, 0.05) is 11.3 Å². The lowest BCUT2D eigenvalue weighted by Gasteiger charge is -2.22. The maximum absolute atomic E-state index is 13.1. The molecule has 0 radical (unpaired) electrons. The first-order valence-corrected chi connectivity index (χ1v) is 9.10. The Balaban J connectivity index is 2.44. The Morgan fingerprint density at radius 2 is 1.81 bits per heavy atom. The van der Waals surface area contributed by atoms with E-state index in [0.29, 0.717) is 30.4 Å². The molecule has 0 aromatic heterocycles. The minimum atomic E-state index is -0.619. The Bertz CT molecular complexity index is 796. The van der Waals surface area contributed by atoms with Gasteiger partial charge in [-0.3, -0.25) is 14.5 Å². The third-order valence-corrected chi connectivity index (χ3v) is 3.91. The van der Waals surface area contributed by atoms with Crippen molar-refractivity contribution in [1.29, 1.82) is 0 Å². The fourth-order valence-electron chi connectivity index (χ4n) is 2.50. The largest absolute Gasteiger partial charge is 0.490 e. The van der Waals surface area contributed by atoms with Crippen LogP contribution in [-0.2, 0) is 4.79 Å². The zero-order chi connectivity index (χ0) is 19.8. The number of anilines is 1. The van der Waals surface area contributed by atoms with Gasteiger partial charge in [0.1, 0.15) is 6.54 Å². The van der Waals surface area contributed by atoms with E-state index in [-0.39, 0.29) is 17.1 Å². The number of carbonyl (C=O) groups is 2. The monoisotopic (exact) mass is 390 g/mol. The standard InChI is InChI=1S/C20H23ClN2O4/c1-3-10-27-19-16(21)11-14(12-17(19)26-4-2)20(25)23(13-18(22)24)15-8-6-5-7-9-15/h5-9,11-12H,3-4,10,13H2,1-2H3,(H2,22,24). The second kappa shape index (κ2) is 9.83. The second-order valence-corrected chi connectivity index (χ2v) is 6.17. The summed E-state index contributed by atoms with van der Waals surface area (Å²) in [4.78, 5) is 25.9. The molecule has 0 aliphatic rings. The number of hydrogen-bond donors (Lipinski definition) is 1. The molecule has 0 saturated heterocycles. The van der Waals surface area contributed by atoms with Crippen molar-refractivity contribution in [3.63, 3.8) is 0 Å². The van der Waals surface area contributed by atoms with Gasteiger partial charge in [-0.1, -0.05) is 36.7 Å². The zero-order valence-electron chi connectivity index (χ0n) is 15.4. The molecule has 27 heavy (non-hydrogen) atoms. The maximum atomic E-state index is 13.1. The lowest BCUT2D eigenvalue weighted by atomic mass is 10.1. The first-order valence-electron chi connectivity index (χ1n) is 8.72. The Kier molecular flexibility index (Phi) is 7.49. The fourth-order valence-corrected chi connectivity index (χ4v) is 2.76. The smallest absolute Gasteiger partial charge is 0.258 e. The number of para-hydroxylation sites is 1. The van der Waals surface area contributed by atoms with Crippen molar-refractivity contribution < 1.29 is 19.1 Å². The predicted molar refractivity (Wildman–Crippen MR) is 106 cm³/mol. The van der Waals surface area contributed by atoms with E-state index in [1.807, 2.05) is 19.9 Å². The van der Waals surface area contributed by atoms with Crippen LogP contribution in [0.1, 0.15) is 30.6 Å². The van der Waals surface area contributed by atoms with Crippen LogP contribution < -0.4 is 20.1 Å². The molecule has 0 unspecified atom stereocenters. The number of halogens is 1. The lowest BCUT2D eigenvalue weighted by molar-refractivity contribution is -0.116. The molecule has 2 amide bonds. The molecule has 2 rings (SSSR count). The summed E-state index contributed by atoms with van der Waals surface area (Å²) in [6.07, 6.45) is 0.809. The summed E-state index contributed by atoms with van der Waals surface area (Å²) < 4.78 is 11.3. The van der Waals surface area contributed by atoms with Gasteiger partial charge in [0.25, 0.3) is 5.91 Å². The van der Waals surface area contributed by atoms with Crippen LogP contribution in [0, 0.1) is 0 Å². The first-order chi connectivity index (χ1) is 13.0. The highest BCUT2D eigenvalue weighted by Crippen LogP contribution is 2.37. The predicted octanol–water partition coefficient (Wildman–Crippen LogP) is 3.66. The van der Waals surface area contributed by atoms with Crippen molar-refractivity contribution in [3.8, 4) is 11.5 Å². The number of carbonyl (C=O) groups excluding carboxylic acids is 2. The Hall–Kier alpha value is -2.73. The summed E-state index contributed by atoms with van der Waals surface area (Å²) in [5.41, 5.74) is 6.16. The molecule has 0 spiro atoms. The van der Waals surface area contributed by atoms with Crippen molar-refractivity contribution >= 4 is 29.1 Å². The van der Waals surface area contributed by atoms with E-state index in [9.17, 15) is 9.59 Å². The van der Waals surface area contributed by atoms with Gasteiger partial charge in [-0.25, -0.2) is 0 Å². The number of nitrogens with zero attached hydrogens (tertiary/aromatic N) is 1. The summed E-state index contributed by atoms with van der Waals surface area (Å²) in [6, 6.07) is 11.9. The number of rotatable bonds is 9. The summed E-state index contributed by atoms with van der Waals surface area (Å²) in [5, 5.41) is 0.268. The van der Waals surface area contributed by atoms with Crippen molar-refractivity contribution in [2.75, 3.05) is 24.7 Å². The molecule has 0 atom stereocenters. The van der Waals surface area contributed by atoms with Gasteiger partial charge in [-0.05, 0) is 37.6 Å². The average molecular weight is 391 g/mol. The molecule has 2 N–H and O–H groups in total. The number of hydrogen-bond acceptors (Lipinski definition) is 4. The van der Waals surface area contributed by atoms with Crippen LogP contribution in [0.25, 0.3) is 0 Å². The molecular formula is C20H23ClN2O4. The number of benzene rings is 2. The van der Waals surface area contributed by atoms with Crippen LogP contribution in [0.4, 0.5) is 5.69 Å². The topological polar surface area (TPSA) is 81.9 Å².